The van der Waals surface area contributed by atoms with Crippen LogP contribution in [0.3, 0.4) is 0 Å². The summed E-state index contributed by atoms with van der Waals surface area (Å²) in [4.78, 5) is 16.8. The van der Waals surface area contributed by atoms with E-state index in [0.29, 0.717) is 11.7 Å². The first-order valence-corrected chi connectivity index (χ1v) is 6.65. The van der Waals surface area contributed by atoms with Gasteiger partial charge in [0, 0.05) is 17.6 Å². The Morgan fingerprint density at radius 3 is 2.74 bits per heavy atom. The van der Waals surface area contributed by atoms with Crippen LogP contribution in [0, 0.1) is 6.92 Å². The molecular formula is C13H15N3O2S. The van der Waals surface area contributed by atoms with Gasteiger partial charge in [-0.1, -0.05) is 24.3 Å². The predicted molar refractivity (Wildman–Crippen MR) is 75.1 cm³/mol. The van der Waals surface area contributed by atoms with Crippen molar-refractivity contribution in [3.05, 3.63) is 46.5 Å². The lowest BCUT2D eigenvalue weighted by Crippen LogP contribution is -2.28. The standard InChI is InChI=1S/C13H15N3O2S/c1-9-6-15-13(19-9)16-12(18)14-7-10-4-2-3-5-11(10)8-17/h2-6,17H,7-8H2,1H3,(H2,14,15,16,18). The lowest BCUT2D eigenvalue weighted by Gasteiger charge is -2.08. The second kappa shape index (κ2) is 6.31. The Morgan fingerprint density at radius 1 is 1.37 bits per heavy atom. The van der Waals surface area contributed by atoms with E-state index in [1.807, 2.05) is 31.2 Å². The number of urea groups is 1. The van der Waals surface area contributed by atoms with Gasteiger partial charge in [-0.05, 0) is 18.1 Å². The molecule has 3 N–H and O–H groups in total. The number of nitrogens with zero attached hydrogens (tertiary/aromatic N) is 1. The number of anilines is 1. The van der Waals surface area contributed by atoms with Gasteiger partial charge in [-0.3, -0.25) is 5.32 Å². The highest BCUT2D eigenvalue weighted by Crippen LogP contribution is 2.16. The van der Waals surface area contributed by atoms with Gasteiger partial charge in [0.1, 0.15) is 0 Å². The molecule has 0 radical (unpaired) electrons. The van der Waals surface area contributed by atoms with Crippen LogP contribution in [0.4, 0.5) is 9.93 Å². The minimum absolute atomic E-state index is 0.0366. The highest BCUT2D eigenvalue weighted by Gasteiger charge is 2.06. The number of benzene rings is 1. The fourth-order valence-electron chi connectivity index (χ4n) is 1.61. The topological polar surface area (TPSA) is 74.2 Å². The monoisotopic (exact) mass is 277 g/mol. The molecule has 6 heteroatoms. The number of aromatic nitrogens is 1. The van der Waals surface area contributed by atoms with E-state index in [9.17, 15) is 9.90 Å². The zero-order chi connectivity index (χ0) is 13.7. The molecule has 0 saturated carbocycles. The van der Waals surface area contributed by atoms with Gasteiger partial charge in [0.05, 0.1) is 6.61 Å². The number of aryl methyl sites for hydroxylation is 1. The Balaban J connectivity index is 1.89. The van der Waals surface area contributed by atoms with E-state index >= 15 is 0 Å². The van der Waals surface area contributed by atoms with Gasteiger partial charge in [0.25, 0.3) is 0 Å². The molecule has 0 fully saturated rings. The van der Waals surface area contributed by atoms with Gasteiger partial charge >= 0.3 is 6.03 Å². The number of aliphatic hydroxyl groups excluding tert-OH is 1. The van der Waals surface area contributed by atoms with Crippen molar-refractivity contribution in [3.8, 4) is 0 Å². The van der Waals surface area contributed by atoms with Crippen LogP contribution < -0.4 is 10.6 Å². The fourth-order valence-corrected chi connectivity index (χ4v) is 2.27. The number of rotatable bonds is 4. The quantitative estimate of drug-likeness (QED) is 0.802. The molecule has 0 atom stereocenters. The molecular weight excluding hydrogens is 262 g/mol. The first-order chi connectivity index (χ1) is 9.19. The number of carbonyl (C=O) groups excluding carboxylic acids is 1. The summed E-state index contributed by atoms with van der Waals surface area (Å²) in [7, 11) is 0. The third-order valence-electron chi connectivity index (χ3n) is 2.57. The van der Waals surface area contributed by atoms with E-state index in [4.69, 9.17) is 0 Å². The summed E-state index contributed by atoms with van der Waals surface area (Å²) in [6, 6.07) is 7.13. The Morgan fingerprint density at radius 2 is 2.11 bits per heavy atom. The van der Waals surface area contributed by atoms with Crippen LogP contribution in [0.5, 0.6) is 0 Å². The van der Waals surface area contributed by atoms with E-state index in [2.05, 4.69) is 15.6 Å². The molecule has 0 spiro atoms. The summed E-state index contributed by atoms with van der Waals surface area (Å²) >= 11 is 1.42. The highest BCUT2D eigenvalue weighted by atomic mass is 32.1. The van der Waals surface area contributed by atoms with Gasteiger partial charge < -0.3 is 10.4 Å². The average molecular weight is 277 g/mol. The Kier molecular flexibility index (Phi) is 4.48. The molecule has 1 heterocycles. The molecule has 2 amide bonds. The number of carbonyl (C=O) groups is 1. The van der Waals surface area contributed by atoms with Crippen LogP contribution in [0.2, 0.25) is 0 Å². The molecule has 1 aromatic carbocycles. The smallest absolute Gasteiger partial charge is 0.321 e. The van der Waals surface area contributed by atoms with Crippen LogP contribution in [0.15, 0.2) is 30.5 Å². The van der Waals surface area contributed by atoms with Crippen LogP contribution in [0.25, 0.3) is 0 Å². The van der Waals surface area contributed by atoms with Crippen molar-refractivity contribution in [1.82, 2.24) is 10.3 Å². The van der Waals surface area contributed by atoms with Gasteiger partial charge in [0.15, 0.2) is 5.13 Å². The summed E-state index contributed by atoms with van der Waals surface area (Å²) in [5.41, 5.74) is 1.71. The molecule has 100 valence electrons. The van der Waals surface area contributed by atoms with Crippen molar-refractivity contribution in [2.45, 2.75) is 20.1 Å². The van der Waals surface area contributed by atoms with Gasteiger partial charge in [-0.25, -0.2) is 9.78 Å². The van der Waals surface area contributed by atoms with Crippen molar-refractivity contribution >= 4 is 22.5 Å². The minimum Gasteiger partial charge on any atom is -0.392 e. The van der Waals surface area contributed by atoms with Crippen molar-refractivity contribution < 1.29 is 9.90 Å². The van der Waals surface area contributed by atoms with Crippen LogP contribution in [-0.4, -0.2) is 16.1 Å². The molecule has 5 nitrogen and oxygen atoms in total. The molecule has 0 bridgehead atoms. The van der Waals surface area contributed by atoms with E-state index in [1.165, 1.54) is 11.3 Å². The molecule has 2 aromatic rings. The molecule has 0 aliphatic carbocycles. The first kappa shape index (κ1) is 13.5. The lowest BCUT2D eigenvalue weighted by atomic mass is 10.1. The van der Waals surface area contributed by atoms with Crippen molar-refractivity contribution in [2.24, 2.45) is 0 Å². The molecule has 0 aliphatic heterocycles. The van der Waals surface area contributed by atoms with Gasteiger partial charge in [0.2, 0.25) is 0 Å². The van der Waals surface area contributed by atoms with Crippen LogP contribution in [-0.2, 0) is 13.2 Å². The summed E-state index contributed by atoms with van der Waals surface area (Å²) in [5.74, 6) is 0. The number of nitrogens with one attached hydrogen (secondary N) is 2. The Labute approximate surface area is 115 Å². The summed E-state index contributed by atoms with van der Waals surface area (Å²) in [6.07, 6.45) is 1.71. The zero-order valence-corrected chi connectivity index (χ0v) is 11.3. The third kappa shape index (κ3) is 3.77. The number of hydrogen-bond donors (Lipinski definition) is 3. The van der Waals surface area contributed by atoms with Gasteiger partial charge in [-0.15, -0.1) is 11.3 Å². The average Bonchev–Trinajstić information content (AvgIpc) is 2.82. The molecule has 1 aromatic heterocycles. The largest absolute Gasteiger partial charge is 0.392 e. The third-order valence-corrected chi connectivity index (χ3v) is 3.40. The molecule has 19 heavy (non-hydrogen) atoms. The van der Waals surface area contributed by atoms with E-state index in [1.54, 1.807) is 6.20 Å². The maximum Gasteiger partial charge on any atom is 0.321 e. The number of hydrogen-bond acceptors (Lipinski definition) is 4. The van der Waals surface area contributed by atoms with Crippen molar-refractivity contribution in [1.29, 1.82) is 0 Å². The van der Waals surface area contributed by atoms with E-state index in [0.717, 1.165) is 16.0 Å². The number of amides is 2. The molecule has 0 aliphatic rings. The maximum atomic E-state index is 11.7. The Hall–Kier alpha value is -1.92. The first-order valence-electron chi connectivity index (χ1n) is 5.84. The van der Waals surface area contributed by atoms with E-state index < -0.39 is 0 Å². The summed E-state index contributed by atoms with van der Waals surface area (Å²) in [5, 5.41) is 15.2. The number of aliphatic hydroxyl groups is 1. The highest BCUT2D eigenvalue weighted by molar-refractivity contribution is 7.15. The second-order valence-electron chi connectivity index (χ2n) is 4.01. The molecule has 2 rings (SSSR count). The lowest BCUT2D eigenvalue weighted by molar-refractivity contribution is 0.251. The van der Waals surface area contributed by atoms with E-state index in [-0.39, 0.29) is 12.6 Å². The summed E-state index contributed by atoms with van der Waals surface area (Å²) in [6.45, 7) is 2.26. The Bertz CT molecular complexity index is 569. The second-order valence-corrected chi connectivity index (χ2v) is 5.25. The van der Waals surface area contributed by atoms with Crippen molar-refractivity contribution in [2.75, 3.05) is 5.32 Å². The van der Waals surface area contributed by atoms with Crippen LogP contribution in [0.1, 0.15) is 16.0 Å². The van der Waals surface area contributed by atoms with Crippen LogP contribution >= 0.6 is 11.3 Å². The normalized spacial score (nSPS) is 10.2. The number of thiazole rings is 1. The molecule has 0 unspecified atom stereocenters. The predicted octanol–water partition coefficient (Wildman–Crippen LogP) is 2.27. The van der Waals surface area contributed by atoms with Crippen molar-refractivity contribution in [3.63, 3.8) is 0 Å². The zero-order valence-electron chi connectivity index (χ0n) is 10.5. The molecule has 0 saturated heterocycles. The van der Waals surface area contributed by atoms with Gasteiger partial charge in [-0.2, -0.15) is 0 Å². The maximum absolute atomic E-state index is 11.7. The SMILES string of the molecule is Cc1cnc(NC(=O)NCc2ccccc2CO)s1. The summed E-state index contributed by atoms with van der Waals surface area (Å²) < 4.78 is 0. The fraction of sp³-hybridized carbons (Fsp3) is 0.231. The minimum atomic E-state index is -0.304.